The Balaban J connectivity index is 2.03. The number of pyridine rings is 1. The van der Waals surface area contributed by atoms with Crippen LogP contribution in [-0.2, 0) is 0 Å². The van der Waals surface area contributed by atoms with E-state index in [-0.39, 0.29) is 11.9 Å². The first-order valence-electron chi connectivity index (χ1n) is 7.20. The van der Waals surface area contributed by atoms with Gasteiger partial charge >= 0.3 is 0 Å². The number of rotatable bonds is 3. The Labute approximate surface area is 147 Å². The van der Waals surface area contributed by atoms with E-state index in [1.165, 1.54) is 0 Å². The first-order chi connectivity index (χ1) is 11.2. The molecule has 1 N–H and O–H groups in total. The smallest absolute Gasteiger partial charge is 0.262 e. The van der Waals surface area contributed by atoms with Gasteiger partial charge in [-0.2, -0.15) is 9.83 Å². The molecule has 2 aromatic rings. The lowest BCUT2D eigenvalue weighted by Crippen LogP contribution is -2.44. The molecule has 0 fully saturated rings. The third kappa shape index (κ3) is 2.99. The molecule has 1 atom stereocenters. The number of aromatic nitrogens is 1. The van der Waals surface area contributed by atoms with Crippen LogP contribution >= 0.6 is 27.7 Å². The highest BCUT2D eigenvalue weighted by molar-refractivity contribution is 9.09. The van der Waals surface area contributed by atoms with Gasteiger partial charge in [0.2, 0.25) is 0 Å². The summed E-state index contributed by atoms with van der Waals surface area (Å²) in [6, 6.07) is 13.5. The molecule has 0 bridgehead atoms. The van der Waals surface area contributed by atoms with Crippen LogP contribution in [0.1, 0.15) is 27.7 Å². The van der Waals surface area contributed by atoms with Crippen LogP contribution < -0.4 is 9.88 Å². The Morgan fingerprint density at radius 3 is 2.87 bits per heavy atom. The molecule has 6 heteroatoms. The second kappa shape index (κ2) is 6.73. The molecule has 0 spiro atoms. The number of thioether (sulfide) groups is 1. The summed E-state index contributed by atoms with van der Waals surface area (Å²) in [6.07, 6.45) is 0. The number of hydrogen-bond acceptors (Lipinski definition) is 3. The number of alkyl halides is 1. The number of anilines is 1. The number of nitrogens with zero attached hydrogens (tertiary/aromatic N) is 2. The monoisotopic (exact) mass is 388 g/mol. The number of benzene rings is 1. The summed E-state index contributed by atoms with van der Waals surface area (Å²) in [7, 11) is 0. The van der Waals surface area contributed by atoms with Gasteiger partial charge in [-0.3, -0.25) is 4.79 Å². The van der Waals surface area contributed by atoms with Gasteiger partial charge in [0.15, 0.2) is 11.7 Å². The van der Waals surface area contributed by atoms with E-state index in [0.717, 1.165) is 27.5 Å². The zero-order valence-corrected chi connectivity index (χ0v) is 14.9. The van der Waals surface area contributed by atoms with Crippen LogP contribution in [0.2, 0.25) is 0 Å². The van der Waals surface area contributed by atoms with E-state index in [9.17, 15) is 10.1 Å². The number of fused-ring (bicyclic) bond motifs is 1. The lowest BCUT2D eigenvalue weighted by molar-refractivity contribution is -0.748. The molecule has 0 saturated carbocycles. The molecule has 0 unspecified atom stereocenters. The van der Waals surface area contributed by atoms with Crippen LogP contribution in [0.4, 0.5) is 5.69 Å². The van der Waals surface area contributed by atoms with Crippen LogP contribution in [0.3, 0.4) is 0 Å². The van der Waals surface area contributed by atoms with Crippen LogP contribution in [0, 0.1) is 18.3 Å². The molecule has 1 aromatic carbocycles. The molecule has 0 aliphatic carbocycles. The number of carbonyl (C=O) groups is 1. The summed E-state index contributed by atoms with van der Waals surface area (Å²) >= 11 is 5.19. The summed E-state index contributed by atoms with van der Waals surface area (Å²) < 4.78 is 2.11. The molecule has 23 heavy (non-hydrogen) atoms. The van der Waals surface area contributed by atoms with Crippen molar-refractivity contribution in [2.45, 2.75) is 18.0 Å². The molecule has 2 heterocycles. The van der Waals surface area contributed by atoms with Crippen molar-refractivity contribution < 1.29 is 9.36 Å². The molecule has 1 aliphatic heterocycles. The number of nitriles is 1. The number of nitrogens with one attached hydrogen (secondary N) is 1. The van der Waals surface area contributed by atoms with Crippen molar-refractivity contribution in [2.75, 3.05) is 16.4 Å². The van der Waals surface area contributed by atoms with Crippen molar-refractivity contribution in [1.82, 2.24) is 0 Å². The maximum atomic E-state index is 12.6. The Kier molecular flexibility index (Phi) is 4.69. The Morgan fingerprint density at radius 2 is 2.22 bits per heavy atom. The van der Waals surface area contributed by atoms with Crippen molar-refractivity contribution in [1.29, 1.82) is 5.26 Å². The Hall–Kier alpha value is -1.84. The quantitative estimate of drug-likeness (QED) is 0.646. The van der Waals surface area contributed by atoms with E-state index in [0.29, 0.717) is 11.1 Å². The Morgan fingerprint density at radius 1 is 1.48 bits per heavy atom. The maximum absolute atomic E-state index is 12.6. The standard InChI is InChI=1S/C17H14BrN3OS/c1-11-15(16(22)20-13-5-3-2-4-6-13)7-12(9-19)17-21(11)14(8-18)10-23-17/h2-7,14H,8,10H2,1H3/p+1/t14-/m1/s1. The second-order valence-electron chi connectivity index (χ2n) is 5.28. The number of carbonyl (C=O) groups excluding carboxylic acids is 1. The fourth-order valence-corrected chi connectivity index (χ4v) is 4.83. The van der Waals surface area contributed by atoms with Crippen LogP contribution in [0.5, 0.6) is 0 Å². The van der Waals surface area contributed by atoms with Gasteiger partial charge in [0.1, 0.15) is 17.2 Å². The minimum atomic E-state index is -0.189. The van der Waals surface area contributed by atoms with Gasteiger partial charge in [-0.25, -0.2) is 0 Å². The van der Waals surface area contributed by atoms with Gasteiger partial charge in [0.25, 0.3) is 10.9 Å². The van der Waals surface area contributed by atoms with E-state index in [1.807, 2.05) is 37.3 Å². The van der Waals surface area contributed by atoms with E-state index < -0.39 is 0 Å². The minimum Gasteiger partial charge on any atom is -0.322 e. The summed E-state index contributed by atoms with van der Waals surface area (Å²) in [6.45, 7) is 1.94. The maximum Gasteiger partial charge on any atom is 0.262 e. The second-order valence-corrected chi connectivity index (χ2v) is 6.94. The first kappa shape index (κ1) is 16.0. The van der Waals surface area contributed by atoms with Crippen LogP contribution in [0.25, 0.3) is 0 Å². The van der Waals surface area contributed by atoms with Crippen LogP contribution in [-0.4, -0.2) is 17.0 Å². The Bertz CT molecular complexity index is 802. The van der Waals surface area contributed by atoms with E-state index in [1.54, 1.807) is 17.8 Å². The largest absolute Gasteiger partial charge is 0.322 e. The van der Waals surface area contributed by atoms with Crippen molar-refractivity contribution in [3.05, 3.63) is 53.2 Å². The number of para-hydroxylation sites is 1. The van der Waals surface area contributed by atoms with Gasteiger partial charge in [-0.1, -0.05) is 34.1 Å². The average Bonchev–Trinajstić information content (AvgIpc) is 3.01. The van der Waals surface area contributed by atoms with E-state index >= 15 is 0 Å². The molecule has 116 valence electrons. The van der Waals surface area contributed by atoms with Gasteiger partial charge in [-0.05, 0) is 30.0 Å². The van der Waals surface area contributed by atoms with Crippen molar-refractivity contribution in [2.24, 2.45) is 0 Å². The predicted octanol–water partition coefficient (Wildman–Crippen LogP) is 3.45. The molecule has 1 aliphatic rings. The highest BCUT2D eigenvalue weighted by Crippen LogP contribution is 2.32. The van der Waals surface area contributed by atoms with Gasteiger partial charge < -0.3 is 5.32 Å². The lowest BCUT2D eigenvalue weighted by Gasteiger charge is -2.10. The lowest BCUT2D eigenvalue weighted by atomic mass is 10.1. The summed E-state index contributed by atoms with van der Waals surface area (Å²) in [5.74, 6) is 0.718. The molecule has 0 radical (unpaired) electrons. The highest BCUT2D eigenvalue weighted by atomic mass is 79.9. The van der Waals surface area contributed by atoms with Gasteiger partial charge in [0, 0.05) is 12.6 Å². The fraction of sp³-hybridized carbons (Fsp3) is 0.235. The predicted molar refractivity (Wildman–Crippen MR) is 94.0 cm³/mol. The molecule has 3 rings (SSSR count). The molecule has 1 amide bonds. The number of hydrogen-bond donors (Lipinski definition) is 1. The molecular formula is C17H15BrN3OS+. The van der Waals surface area contributed by atoms with Crippen LogP contribution in [0.15, 0.2) is 41.4 Å². The molecule has 4 nitrogen and oxygen atoms in total. The zero-order valence-electron chi connectivity index (χ0n) is 12.5. The number of halogens is 1. The topological polar surface area (TPSA) is 56.8 Å². The summed E-state index contributed by atoms with van der Waals surface area (Å²) in [5.41, 5.74) is 2.74. The normalized spacial score (nSPS) is 15.8. The highest BCUT2D eigenvalue weighted by Gasteiger charge is 2.37. The zero-order chi connectivity index (χ0) is 16.4. The van der Waals surface area contributed by atoms with Crippen molar-refractivity contribution in [3.63, 3.8) is 0 Å². The third-order valence-corrected chi connectivity index (χ3v) is 5.83. The third-order valence-electron chi connectivity index (χ3n) is 3.84. The van der Waals surface area contributed by atoms with Gasteiger partial charge in [0.05, 0.1) is 11.1 Å². The van der Waals surface area contributed by atoms with Gasteiger partial charge in [-0.15, -0.1) is 0 Å². The molecule has 0 saturated heterocycles. The summed E-state index contributed by atoms with van der Waals surface area (Å²) in [5, 5.41) is 14.1. The SMILES string of the molecule is Cc1c(C(=O)Nc2ccccc2)cc(C#N)c2[n+]1[C@H](CBr)CS2. The van der Waals surface area contributed by atoms with E-state index in [2.05, 4.69) is 31.9 Å². The van der Waals surface area contributed by atoms with E-state index in [4.69, 9.17) is 0 Å². The first-order valence-corrected chi connectivity index (χ1v) is 9.30. The van der Waals surface area contributed by atoms with Crippen molar-refractivity contribution >= 4 is 39.3 Å². The minimum absolute atomic E-state index is 0.189. The fourth-order valence-electron chi connectivity index (χ4n) is 2.70. The summed E-state index contributed by atoms with van der Waals surface area (Å²) in [4.78, 5) is 12.6. The molecular weight excluding hydrogens is 374 g/mol. The average molecular weight is 389 g/mol. The van der Waals surface area contributed by atoms with Crippen molar-refractivity contribution in [3.8, 4) is 6.07 Å². The number of amides is 1. The molecule has 1 aromatic heterocycles.